The molecule has 0 aromatic heterocycles. The molecule has 0 aromatic carbocycles. The van der Waals surface area contributed by atoms with Crippen LogP contribution in [-0.4, -0.2) is 54.4 Å². The molecule has 2 amide bonds. The molecule has 198 valence electrons. The van der Waals surface area contributed by atoms with Gasteiger partial charge in [-0.15, -0.1) is 0 Å². The minimum atomic E-state index is -0.666. The molecule has 3 aliphatic rings. The van der Waals surface area contributed by atoms with Gasteiger partial charge < -0.3 is 11.1 Å². The molecular weight excluding hydrogens is 450 g/mol. The standard InChI is InChI=1S/C29H45N5O2/c1-6-8-9-21(7-2)17-34-16-20(4)24(18-34)26(31)33-27(35)25(30)15-32-28(36)29(5)13-22-10-19(3)11-23(12-22)14-29/h6-9,19-20,22-24,30H,1,10-18H2,2-5H3,(H,32,36)(H2,31,33,35)/b9-8-,21-7+,30-25?. The lowest BCUT2D eigenvalue weighted by atomic mass is 9.59. The van der Waals surface area contributed by atoms with Crippen molar-refractivity contribution in [3.63, 3.8) is 0 Å². The lowest BCUT2D eigenvalue weighted by Crippen LogP contribution is -2.47. The Balaban J connectivity index is 1.51. The van der Waals surface area contributed by atoms with Gasteiger partial charge in [-0.1, -0.05) is 51.7 Å². The molecule has 4 N–H and O–H groups in total. The van der Waals surface area contributed by atoms with E-state index in [0.717, 1.165) is 31.8 Å². The fourth-order valence-electron chi connectivity index (χ4n) is 6.77. The number of nitrogens with one attached hydrogen (secondary N) is 2. The van der Waals surface area contributed by atoms with Gasteiger partial charge in [0.2, 0.25) is 5.91 Å². The molecule has 7 nitrogen and oxygen atoms in total. The zero-order valence-electron chi connectivity index (χ0n) is 22.6. The summed E-state index contributed by atoms with van der Waals surface area (Å²) >= 11 is 0. The average Bonchev–Trinajstić information content (AvgIpc) is 3.18. The number of allylic oxidation sites excluding steroid dienone is 3. The number of fused-ring (bicyclic) bond motifs is 2. The van der Waals surface area contributed by atoms with E-state index in [4.69, 9.17) is 11.1 Å². The number of nitrogens with two attached hydrogens (primary N) is 1. The predicted octanol–water partition coefficient (Wildman–Crippen LogP) is 4.12. The lowest BCUT2D eigenvalue weighted by Gasteiger charge is -2.46. The summed E-state index contributed by atoms with van der Waals surface area (Å²) in [6.07, 6.45) is 13.2. The number of nitrogens with zero attached hydrogens (tertiary/aromatic N) is 2. The van der Waals surface area contributed by atoms with Crippen LogP contribution in [-0.2, 0) is 9.59 Å². The Morgan fingerprint density at radius 2 is 1.86 bits per heavy atom. The number of carbonyl (C=O) groups is 2. The number of amides is 2. The van der Waals surface area contributed by atoms with Gasteiger partial charge in [-0.3, -0.25) is 19.9 Å². The average molecular weight is 496 g/mol. The fourth-order valence-corrected chi connectivity index (χ4v) is 6.77. The van der Waals surface area contributed by atoms with Crippen molar-refractivity contribution < 1.29 is 9.59 Å². The highest BCUT2D eigenvalue weighted by Crippen LogP contribution is 2.50. The smallest absolute Gasteiger partial charge is 0.294 e. The van der Waals surface area contributed by atoms with Gasteiger partial charge in [0.25, 0.3) is 5.91 Å². The van der Waals surface area contributed by atoms with Gasteiger partial charge in [0.05, 0.1) is 6.54 Å². The molecule has 2 aliphatic carbocycles. The molecule has 4 unspecified atom stereocenters. The summed E-state index contributed by atoms with van der Waals surface area (Å²) in [7, 11) is 0. The lowest BCUT2D eigenvalue weighted by molar-refractivity contribution is -0.135. The molecule has 36 heavy (non-hydrogen) atoms. The second-order valence-corrected chi connectivity index (χ2v) is 11.8. The van der Waals surface area contributed by atoms with Gasteiger partial charge >= 0.3 is 0 Å². The van der Waals surface area contributed by atoms with E-state index in [-0.39, 0.29) is 35.8 Å². The van der Waals surface area contributed by atoms with Crippen molar-refractivity contribution in [1.82, 2.24) is 10.2 Å². The maximum atomic E-state index is 13.0. The van der Waals surface area contributed by atoms with Crippen LogP contribution in [0.4, 0.5) is 0 Å². The molecule has 0 radical (unpaired) electrons. The van der Waals surface area contributed by atoms with Crippen molar-refractivity contribution in [2.24, 2.45) is 45.7 Å². The summed E-state index contributed by atoms with van der Waals surface area (Å²) in [4.78, 5) is 32.0. The maximum Gasteiger partial charge on any atom is 0.294 e. The first-order valence-electron chi connectivity index (χ1n) is 13.4. The van der Waals surface area contributed by atoms with Crippen LogP contribution in [0.15, 0.2) is 41.4 Å². The van der Waals surface area contributed by atoms with E-state index in [1.54, 1.807) is 6.08 Å². The van der Waals surface area contributed by atoms with Crippen molar-refractivity contribution in [2.45, 2.75) is 59.8 Å². The highest BCUT2D eigenvalue weighted by molar-refractivity contribution is 6.40. The van der Waals surface area contributed by atoms with Crippen LogP contribution in [0.25, 0.3) is 0 Å². The zero-order chi connectivity index (χ0) is 26.5. The Hall–Kier alpha value is -2.54. The largest absolute Gasteiger partial charge is 0.387 e. The van der Waals surface area contributed by atoms with Crippen LogP contribution < -0.4 is 11.1 Å². The number of amidine groups is 1. The number of carbonyl (C=O) groups excluding carboxylic acids is 2. The molecule has 2 bridgehead atoms. The SMILES string of the molecule is C=C/C=C\C(=C/C)CN1CC(C)C(C(N)=NC(=O)C(=N)CNC(=O)C2(C)CC3CC(C)CC(C3)C2)C1. The molecule has 3 rings (SSSR count). The van der Waals surface area contributed by atoms with Crippen molar-refractivity contribution in [1.29, 1.82) is 5.41 Å². The Kier molecular flexibility index (Phi) is 9.45. The molecule has 1 aliphatic heterocycles. The van der Waals surface area contributed by atoms with Gasteiger partial charge in [-0.2, -0.15) is 4.99 Å². The van der Waals surface area contributed by atoms with E-state index >= 15 is 0 Å². The predicted molar refractivity (Wildman–Crippen MR) is 147 cm³/mol. The quantitative estimate of drug-likeness (QED) is 0.254. The third-order valence-corrected chi connectivity index (χ3v) is 8.37. The minimum absolute atomic E-state index is 0.0409. The first-order valence-corrected chi connectivity index (χ1v) is 13.4. The van der Waals surface area contributed by atoms with E-state index in [1.165, 1.54) is 24.8 Å². The molecule has 4 atom stereocenters. The number of likely N-dealkylation sites (tertiary alicyclic amines) is 1. The first-order chi connectivity index (χ1) is 17.0. The van der Waals surface area contributed by atoms with Gasteiger partial charge in [-0.25, -0.2) is 0 Å². The molecule has 3 fully saturated rings. The summed E-state index contributed by atoms with van der Waals surface area (Å²) in [5.41, 5.74) is 6.79. The molecule has 1 heterocycles. The van der Waals surface area contributed by atoms with Crippen molar-refractivity contribution >= 4 is 23.4 Å². The molecule has 0 aromatic rings. The van der Waals surface area contributed by atoms with Crippen LogP contribution in [0.3, 0.4) is 0 Å². The summed E-state index contributed by atoms with van der Waals surface area (Å²) < 4.78 is 0. The zero-order valence-corrected chi connectivity index (χ0v) is 22.6. The van der Waals surface area contributed by atoms with Gasteiger partial charge in [0.1, 0.15) is 11.5 Å². The van der Waals surface area contributed by atoms with Crippen molar-refractivity contribution in [3.05, 3.63) is 36.5 Å². The number of hydrogen-bond acceptors (Lipinski definition) is 4. The van der Waals surface area contributed by atoms with E-state index in [2.05, 4.69) is 41.7 Å². The summed E-state index contributed by atoms with van der Waals surface area (Å²) in [5.74, 6) is 1.71. The van der Waals surface area contributed by atoms with Gasteiger partial charge in [-0.05, 0) is 68.3 Å². The molecule has 0 spiro atoms. The highest BCUT2D eigenvalue weighted by Gasteiger charge is 2.45. The second-order valence-electron chi connectivity index (χ2n) is 11.8. The Morgan fingerprint density at radius 1 is 1.19 bits per heavy atom. The number of rotatable bonds is 9. The third-order valence-electron chi connectivity index (χ3n) is 8.37. The van der Waals surface area contributed by atoms with Gasteiger partial charge in [0, 0.05) is 31.0 Å². The summed E-state index contributed by atoms with van der Waals surface area (Å²) in [5, 5.41) is 11.0. The monoisotopic (exact) mass is 495 g/mol. The van der Waals surface area contributed by atoms with E-state index < -0.39 is 11.3 Å². The minimum Gasteiger partial charge on any atom is -0.387 e. The van der Waals surface area contributed by atoms with Crippen molar-refractivity contribution in [3.8, 4) is 0 Å². The number of aliphatic imine (C=N–C) groups is 1. The van der Waals surface area contributed by atoms with Gasteiger partial charge in [0.15, 0.2) is 0 Å². The third kappa shape index (κ3) is 7.02. The Bertz CT molecular complexity index is 931. The second kappa shape index (κ2) is 12.1. The van der Waals surface area contributed by atoms with E-state index in [9.17, 15) is 9.59 Å². The molecular formula is C29H45N5O2. The van der Waals surface area contributed by atoms with Crippen LogP contribution >= 0.6 is 0 Å². The molecule has 2 saturated carbocycles. The molecule has 1 saturated heterocycles. The summed E-state index contributed by atoms with van der Waals surface area (Å²) in [6, 6.07) is 0. The van der Waals surface area contributed by atoms with Crippen LogP contribution in [0.2, 0.25) is 0 Å². The normalized spacial score (nSPS) is 33.5. The Labute approximate surface area is 216 Å². The summed E-state index contributed by atoms with van der Waals surface area (Å²) in [6.45, 7) is 14.5. The Morgan fingerprint density at radius 3 is 2.47 bits per heavy atom. The van der Waals surface area contributed by atoms with Crippen LogP contribution in [0.5, 0.6) is 0 Å². The van der Waals surface area contributed by atoms with Crippen molar-refractivity contribution in [2.75, 3.05) is 26.2 Å². The first kappa shape index (κ1) is 28.0. The van der Waals surface area contributed by atoms with E-state index in [0.29, 0.717) is 18.4 Å². The fraction of sp³-hybridized carbons (Fsp3) is 0.655. The van der Waals surface area contributed by atoms with Crippen LogP contribution in [0, 0.1) is 40.4 Å². The van der Waals surface area contributed by atoms with Crippen LogP contribution in [0.1, 0.15) is 59.8 Å². The topological polar surface area (TPSA) is 112 Å². The molecule has 7 heteroatoms. The van der Waals surface area contributed by atoms with E-state index in [1.807, 2.05) is 26.0 Å². The maximum absolute atomic E-state index is 13.0. The number of hydrogen-bond donors (Lipinski definition) is 3. The highest BCUT2D eigenvalue weighted by atomic mass is 16.2.